The summed E-state index contributed by atoms with van der Waals surface area (Å²) in [7, 11) is 0. The van der Waals surface area contributed by atoms with Gasteiger partial charge in [0.25, 0.3) is 0 Å². The molecule has 1 aromatic heterocycles. The van der Waals surface area contributed by atoms with Crippen LogP contribution in [0.1, 0.15) is 49.4 Å². The van der Waals surface area contributed by atoms with Crippen molar-refractivity contribution in [2.45, 2.75) is 39.0 Å². The van der Waals surface area contributed by atoms with Gasteiger partial charge in [-0.1, -0.05) is 19.9 Å². The second-order valence-corrected chi connectivity index (χ2v) is 10.6. The number of nitriles is 1. The molecule has 7 rings (SSSR count). The zero-order chi connectivity index (χ0) is 21.5. The second-order valence-electron chi connectivity index (χ2n) is 10.6. The molecule has 5 nitrogen and oxygen atoms in total. The van der Waals surface area contributed by atoms with E-state index in [4.69, 9.17) is 4.98 Å². The van der Waals surface area contributed by atoms with Crippen molar-refractivity contribution in [1.29, 1.82) is 5.26 Å². The van der Waals surface area contributed by atoms with Gasteiger partial charge in [-0.25, -0.2) is 9.37 Å². The van der Waals surface area contributed by atoms with Crippen LogP contribution < -0.4 is 10.2 Å². The normalized spacial score (nSPS) is 26.7. The van der Waals surface area contributed by atoms with Crippen molar-refractivity contribution in [2.75, 3.05) is 31.1 Å². The van der Waals surface area contributed by atoms with Crippen molar-refractivity contribution in [2.24, 2.45) is 16.7 Å². The molecular weight excluding hydrogens is 391 g/mol. The van der Waals surface area contributed by atoms with Crippen LogP contribution in [-0.2, 0) is 6.42 Å². The largest absolute Gasteiger partial charge is 0.505 e. The highest BCUT2D eigenvalue weighted by molar-refractivity contribution is 5.82. The molecule has 2 aromatic rings. The number of anilines is 1. The van der Waals surface area contributed by atoms with E-state index in [1.165, 1.54) is 12.1 Å². The zero-order valence-corrected chi connectivity index (χ0v) is 18.0. The van der Waals surface area contributed by atoms with Crippen molar-refractivity contribution >= 4 is 5.82 Å². The number of nitrogens with zero attached hydrogens (tertiary/aromatic N) is 3. The Morgan fingerprint density at radius 3 is 2.74 bits per heavy atom. The number of rotatable bonds is 2. The van der Waals surface area contributed by atoms with E-state index in [2.05, 4.69) is 30.1 Å². The SMILES string of the molecule is CC1(C)[C@H]2Cc3c(nc(N4CCC5(CNC5)C4)c(C#N)c3-c3ccc(F)c(O)c3)[C@@H]1C2. The smallest absolute Gasteiger partial charge is 0.164 e. The van der Waals surface area contributed by atoms with Crippen molar-refractivity contribution in [3.8, 4) is 22.9 Å². The van der Waals surface area contributed by atoms with Crippen molar-refractivity contribution in [3.63, 3.8) is 0 Å². The number of hydrogen-bond acceptors (Lipinski definition) is 5. The molecule has 2 atom stereocenters. The summed E-state index contributed by atoms with van der Waals surface area (Å²) in [6, 6.07) is 6.87. The maximum absolute atomic E-state index is 13.8. The summed E-state index contributed by atoms with van der Waals surface area (Å²) in [5.41, 5.74) is 4.83. The van der Waals surface area contributed by atoms with Gasteiger partial charge in [0.15, 0.2) is 11.6 Å². The first kappa shape index (κ1) is 19.1. The number of phenols is 1. The summed E-state index contributed by atoms with van der Waals surface area (Å²) >= 11 is 0. The fourth-order valence-electron chi connectivity index (χ4n) is 6.40. The molecule has 2 saturated heterocycles. The predicted octanol–water partition coefficient (Wildman–Crippen LogP) is 3.95. The number of halogens is 1. The monoisotopic (exact) mass is 418 g/mol. The molecule has 1 saturated carbocycles. The Bertz CT molecular complexity index is 1150. The van der Waals surface area contributed by atoms with Crippen LogP contribution in [0.4, 0.5) is 10.2 Å². The van der Waals surface area contributed by atoms with Crippen LogP contribution in [0.2, 0.25) is 0 Å². The standard InChI is InChI=1S/C25H27FN4O/c1-24(2)15-8-16-21(14-3-4-19(26)20(31)7-14)17(10-27)23(29-22(16)18(24)9-15)30-6-5-25(13-30)11-28-12-25/h3-4,7,15,18,28,31H,5-6,8-9,11-13H2,1-2H3/t15-,18-/m0/s1. The van der Waals surface area contributed by atoms with Gasteiger partial charge in [-0.2, -0.15) is 5.26 Å². The lowest BCUT2D eigenvalue weighted by atomic mass is 9.48. The molecule has 1 aromatic carbocycles. The van der Waals surface area contributed by atoms with Gasteiger partial charge < -0.3 is 15.3 Å². The van der Waals surface area contributed by atoms with Crippen molar-refractivity contribution in [3.05, 3.63) is 40.8 Å². The number of nitrogens with one attached hydrogen (secondary N) is 1. The Morgan fingerprint density at radius 1 is 1.32 bits per heavy atom. The highest BCUT2D eigenvalue weighted by Crippen LogP contribution is 2.63. The number of benzene rings is 1. The Morgan fingerprint density at radius 2 is 2.13 bits per heavy atom. The lowest BCUT2D eigenvalue weighted by Gasteiger charge is -2.57. The maximum atomic E-state index is 13.8. The van der Waals surface area contributed by atoms with Gasteiger partial charge in [0.1, 0.15) is 17.5 Å². The highest BCUT2D eigenvalue weighted by Gasteiger charge is 2.54. The lowest BCUT2D eigenvalue weighted by Crippen LogP contribution is -2.54. The first-order chi connectivity index (χ1) is 14.8. The third kappa shape index (κ3) is 2.53. The summed E-state index contributed by atoms with van der Waals surface area (Å²) in [4.78, 5) is 7.46. The molecule has 0 unspecified atom stereocenters. The molecule has 2 N–H and O–H groups in total. The van der Waals surface area contributed by atoms with E-state index in [1.807, 2.05) is 0 Å². The van der Waals surface area contributed by atoms with E-state index in [1.54, 1.807) is 6.07 Å². The van der Waals surface area contributed by atoms with Crippen LogP contribution in [0, 0.1) is 33.9 Å². The summed E-state index contributed by atoms with van der Waals surface area (Å²) in [5, 5.41) is 23.7. The molecule has 3 fully saturated rings. The van der Waals surface area contributed by atoms with Gasteiger partial charge >= 0.3 is 0 Å². The molecule has 2 bridgehead atoms. The van der Waals surface area contributed by atoms with Crippen molar-refractivity contribution < 1.29 is 9.50 Å². The van der Waals surface area contributed by atoms with Crippen LogP contribution in [0.15, 0.2) is 18.2 Å². The van der Waals surface area contributed by atoms with Crippen molar-refractivity contribution in [1.82, 2.24) is 10.3 Å². The topological polar surface area (TPSA) is 72.2 Å². The first-order valence-electron chi connectivity index (χ1n) is 11.2. The summed E-state index contributed by atoms with van der Waals surface area (Å²) in [6.45, 7) is 8.49. The number of hydrogen-bond donors (Lipinski definition) is 2. The second kappa shape index (κ2) is 6.20. The van der Waals surface area contributed by atoms with Gasteiger partial charge in [-0.3, -0.25) is 0 Å². The lowest BCUT2D eigenvalue weighted by molar-refractivity contribution is 0.0158. The van der Waals surface area contributed by atoms with E-state index < -0.39 is 5.82 Å². The number of pyridine rings is 1. The molecule has 3 heterocycles. The Balaban J connectivity index is 1.56. The molecule has 160 valence electrons. The van der Waals surface area contributed by atoms with Gasteiger partial charge in [-0.05, 0) is 53.9 Å². The average molecular weight is 419 g/mol. The molecule has 31 heavy (non-hydrogen) atoms. The van der Waals surface area contributed by atoms with E-state index in [-0.39, 0.29) is 11.2 Å². The Labute approximate surface area is 181 Å². The van der Waals surface area contributed by atoms with E-state index >= 15 is 0 Å². The third-order valence-electron chi connectivity index (χ3n) is 8.65. The van der Waals surface area contributed by atoms with Crippen LogP contribution in [0.3, 0.4) is 0 Å². The highest BCUT2D eigenvalue weighted by atomic mass is 19.1. The van der Waals surface area contributed by atoms with Crippen LogP contribution in [0.5, 0.6) is 5.75 Å². The zero-order valence-electron chi connectivity index (χ0n) is 18.0. The van der Waals surface area contributed by atoms with Crippen LogP contribution >= 0.6 is 0 Å². The summed E-state index contributed by atoms with van der Waals surface area (Å²) in [6.07, 6.45) is 3.12. The minimum atomic E-state index is -0.645. The Kier molecular flexibility index (Phi) is 3.81. The first-order valence-corrected chi connectivity index (χ1v) is 11.2. The minimum Gasteiger partial charge on any atom is -0.505 e. The Hall–Kier alpha value is -2.65. The number of aromatic hydroxyl groups is 1. The predicted molar refractivity (Wildman–Crippen MR) is 116 cm³/mol. The van der Waals surface area contributed by atoms with Crippen LogP contribution in [-0.4, -0.2) is 36.3 Å². The van der Waals surface area contributed by atoms with E-state index in [0.29, 0.717) is 28.4 Å². The fourth-order valence-corrected chi connectivity index (χ4v) is 6.40. The maximum Gasteiger partial charge on any atom is 0.164 e. The fraction of sp³-hybridized carbons (Fsp3) is 0.520. The molecule has 6 heteroatoms. The summed E-state index contributed by atoms with van der Waals surface area (Å²) < 4.78 is 13.8. The van der Waals surface area contributed by atoms with Gasteiger partial charge in [0.05, 0.1) is 5.69 Å². The quantitative estimate of drug-likeness (QED) is 0.773. The van der Waals surface area contributed by atoms with Gasteiger partial charge in [-0.15, -0.1) is 0 Å². The molecular formula is C25H27FN4O. The number of aromatic nitrogens is 1. The summed E-state index contributed by atoms with van der Waals surface area (Å²) in [5.74, 6) is 0.685. The average Bonchev–Trinajstić information content (AvgIpc) is 3.20. The van der Waals surface area contributed by atoms with Gasteiger partial charge in [0, 0.05) is 43.1 Å². The minimum absolute atomic E-state index is 0.206. The third-order valence-corrected chi connectivity index (χ3v) is 8.65. The van der Waals surface area contributed by atoms with Gasteiger partial charge in [0.2, 0.25) is 0 Å². The van der Waals surface area contributed by atoms with E-state index in [0.717, 1.165) is 68.1 Å². The molecule has 0 amide bonds. The molecule has 2 aliphatic heterocycles. The molecule has 3 aliphatic carbocycles. The number of phenolic OH excluding ortho intramolecular Hbond substituents is 1. The molecule has 5 aliphatic rings. The molecule has 0 radical (unpaired) electrons. The molecule has 1 spiro atoms. The van der Waals surface area contributed by atoms with Crippen LogP contribution in [0.25, 0.3) is 11.1 Å². The van der Waals surface area contributed by atoms with E-state index in [9.17, 15) is 14.8 Å².